The van der Waals surface area contributed by atoms with Gasteiger partial charge in [0.05, 0.1) is 12.5 Å². The first kappa shape index (κ1) is 20.7. The van der Waals surface area contributed by atoms with Crippen molar-refractivity contribution in [3.05, 3.63) is 71.9 Å². The average molecular weight is 413 g/mol. The molecule has 0 N–H and O–H groups in total. The Balaban J connectivity index is 1.49. The van der Waals surface area contributed by atoms with Crippen molar-refractivity contribution in [2.75, 3.05) is 25.0 Å². The molecule has 4 rings (SSSR count). The quantitative estimate of drug-likeness (QED) is 0.523. The van der Waals surface area contributed by atoms with Crippen LogP contribution < -0.4 is 4.90 Å². The highest BCUT2D eigenvalue weighted by atomic mass is 16.2. The van der Waals surface area contributed by atoms with Crippen LogP contribution in [0.15, 0.2) is 60.8 Å². The second-order valence-electron chi connectivity index (χ2n) is 8.05. The van der Waals surface area contributed by atoms with Crippen molar-refractivity contribution in [3.8, 4) is 6.07 Å². The predicted octanol–water partition coefficient (Wildman–Crippen LogP) is 4.83. The largest absolute Gasteiger partial charge is 0.371 e. The summed E-state index contributed by atoms with van der Waals surface area (Å²) in [6, 6.07) is 18.7. The molecular weight excluding hydrogens is 384 g/mol. The molecule has 1 amide bonds. The zero-order valence-corrected chi connectivity index (χ0v) is 18.0. The van der Waals surface area contributed by atoms with Gasteiger partial charge in [-0.25, -0.2) is 0 Å². The van der Waals surface area contributed by atoms with Crippen LogP contribution in [0.25, 0.3) is 17.0 Å². The second-order valence-corrected chi connectivity index (χ2v) is 8.05. The number of carbonyl (C=O) groups is 1. The van der Waals surface area contributed by atoms with E-state index >= 15 is 0 Å². The van der Waals surface area contributed by atoms with E-state index in [1.807, 2.05) is 43.6 Å². The highest BCUT2D eigenvalue weighted by Crippen LogP contribution is 2.26. The number of nitrogens with zero attached hydrogens (tertiary/aromatic N) is 4. The van der Waals surface area contributed by atoms with Gasteiger partial charge in [0.1, 0.15) is 0 Å². The van der Waals surface area contributed by atoms with Crippen LogP contribution in [0.4, 0.5) is 5.69 Å². The lowest BCUT2D eigenvalue weighted by molar-refractivity contribution is -0.125. The van der Waals surface area contributed by atoms with Gasteiger partial charge in [-0.05, 0) is 36.6 Å². The minimum atomic E-state index is -0.0231. The summed E-state index contributed by atoms with van der Waals surface area (Å²) in [5.74, 6) is -0.0231. The van der Waals surface area contributed by atoms with E-state index in [2.05, 4.69) is 39.8 Å². The number of likely N-dealkylation sites (N-methyl/N-ethyl adjacent to an activating group) is 1. The topological polar surface area (TPSA) is 52.3 Å². The Bertz CT molecular complexity index is 1130. The van der Waals surface area contributed by atoms with Crippen LogP contribution >= 0.6 is 0 Å². The number of aryl methyl sites for hydroxylation is 1. The number of para-hydroxylation sites is 2. The first-order valence-electron chi connectivity index (χ1n) is 10.9. The second kappa shape index (κ2) is 9.53. The zero-order chi connectivity index (χ0) is 21.6. The van der Waals surface area contributed by atoms with Crippen molar-refractivity contribution in [3.63, 3.8) is 0 Å². The molecule has 1 aliphatic heterocycles. The summed E-state index contributed by atoms with van der Waals surface area (Å²) in [6.07, 6.45) is 8.47. The van der Waals surface area contributed by atoms with E-state index in [0.29, 0.717) is 19.5 Å². The molecule has 3 aromatic rings. The van der Waals surface area contributed by atoms with Gasteiger partial charge >= 0.3 is 0 Å². The average Bonchev–Trinajstić information content (AvgIpc) is 3.45. The lowest BCUT2D eigenvalue weighted by Gasteiger charge is -2.24. The number of carbonyl (C=O) groups excluding carboxylic acids is 1. The fourth-order valence-electron chi connectivity index (χ4n) is 4.30. The molecule has 2 aromatic carbocycles. The van der Waals surface area contributed by atoms with Gasteiger partial charge in [0, 0.05) is 67.7 Å². The molecule has 0 saturated carbocycles. The molecule has 5 heteroatoms. The summed E-state index contributed by atoms with van der Waals surface area (Å²) in [4.78, 5) is 17.0. The molecule has 0 aliphatic carbocycles. The Morgan fingerprint density at radius 2 is 1.87 bits per heavy atom. The monoisotopic (exact) mass is 412 g/mol. The zero-order valence-electron chi connectivity index (χ0n) is 18.0. The molecule has 1 fully saturated rings. The molecular formula is C26H28N4O. The third-order valence-corrected chi connectivity index (χ3v) is 5.91. The number of aromatic nitrogens is 1. The van der Waals surface area contributed by atoms with E-state index in [1.165, 1.54) is 24.1 Å². The molecule has 0 spiro atoms. The lowest BCUT2D eigenvalue weighted by Crippen LogP contribution is -2.26. The van der Waals surface area contributed by atoms with Crippen LogP contribution in [0.1, 0.15) is 30.4 Å². The van der Waals surface area contributed by atoms with Gasteiger partial charge in [-0.1, -0.05) is 36.4 Å². The number of fused-ring (bicyclic) bond motifs is 1. The van der Waals surface area contributed by atoms with Crippen LogP contribution in [0.2, 0.25) is 0 Å². The lowest BCUT2D eigenvalue weighted by atomic mass is 10.1. The van der Waals surface area contributed by atoms with Gasteiger partial charge in [-0.2, -0.15) is 5.26 Å². The van der Waals surface area contributed by atoms with Crippen molar-refractivity contribution in [1.29, 1.82) is 5.26 Å². The maximum absolute atomic E-state index is 12.8. The van der Waals surface area contributed by atoms with Crippen molar-refractivity contribution >= 4 is 28.6 Å². The number of rotatable bonds is 7. The van der Waals surface area contributed by atoms with Gasteiger partial charge < -0.3 is 14.4 Å². The molecule has 158 valence electrons. The summed E-state index contributed by atoms with van der Waals surface area (Å²) >= 11 is 0. The summed E-state index contributed by atoms with van der Waals surface area (Å²) < 4.78 is 2.08. The normalized spacial score (nSPS) is 13.7. The number of hydrogen-bond donors (Lipinski definition) is 0. The molecule has 31 heavy (non-hydrogen) atoms. The molecule has 1 saturated heterocycles. The number of hydrogen-bond acceptors (Lipinski definition) is 3. The molecule has 1 aromatic heterocycles. The van der Waals surface area contributed by atoms with E-state index in [0.717, 1.165) is 29.6 Å². The molecule has 0 unspecified atom stereocenters. The van der Waals surface area contributed by atoms with Crippen molar-refractivity contribution in [2.45, 2.75) is 32.4 Å². The molecule has 0 atom stereocenters. The highest BCUT2D eigenvalue weighted by molar-refractivity contribution is 5.96. The fraction of sp³-hybridized carbons (Fsp3) is 0.308. The van der Waals surface area contributed by atoms with Crippen LogP contribution in [-0.4, -0.2) is 35.5 Å². The summed E-state index contributed by atoms with van der Waals surface area (Å²) in [5.41, 5.74) is 4.50. The Labute approximate surface area is 183 Å². The number of nitriles is 1. The number of anilines is 1. The number of amides is 1. The summed E-state index contributed by atoms with van der Waals surface area (Å²) in [6.45, 7) is 3.40. The fourth-order valence-corrected chi connectivity index (χ4v) is 4.30. The maximum atomic E-state index is 12.8. The maximum Gasteiger partial charge on any atom is 0.246 e. The first-order valence-corrected chi connectivity index (χ1v) is 10.9. The third kappa shape index (κ3) is 4.64. The van der Waals surface area contributed by atoms with Crippen molar-refractivity contribution in [1.82, 2.24) is 9.47 Å². The Kier molecular flexibility index (Phi) is 6.37. The SMILES string of the molecule is CN(Cc1ccccc1N1CCCC1)C(=O)C=Cc1cn(CCC#N)c2ccccc12. The molecule has 2 heterocycles. The Hall–Kier alpha value is -3.52. The van der Waals surface area contributed by atoms with Gasteiger partial charge in [-0.3, -0.25) is 4.79 Å². The number of benzene rings is 2. The standard InChI is InChI=1S/C26H28N4O/c1-28(19-22-9-2-4-11-24(22)29-16-6-7-17-29)26(31)14-13-21-20-30(18-8-15-27)25-12-5-3-10-23(21)25/h2-5,9-14,20H,6-8,16-19H2,1H3. The summed E-state index contributed by atoms with van der Waals surface area (Å²) in [7, 11) is 1.85. The third-order valence-electron chi connectivity index (χ3n) is 5.91. The smallest absolute Gasteiger partial charge is 0.246 e. The van der Waals surface area contributed by atoms with E-state index in [9.17, 15) is 4.79 Å². The first-order chi connectivity index (χ1) is 15.2. The minimum Gasteiger partial charge on any atom is -0.371 e. The molecule has 5 nitrogen and oxygen atoms in total. The van der Waals surface area contributed by atoms with Crippen LogP contribution in [-0.2, 0) is 17.9 Å². The van der Waals surface area contributed by atoms with E-state index in [-0.39, 0.29) is 5.91 Å². The van der Waals surface area contributed by atoms with E-state index in [1.54, 1.807) is 11.0 Å². The van der Waals surface area contributed by atoms with Gasteiger partial charge in [0.15, 0.2) is 0 Å². The van der Waals surface area contributed by atoms with Crippen molar-refractivity contribution in [2.24, 2.45) is 0 Å². The van der Waals surface area contributed by atoms with Gasteiger partial charge in [-0.15, -0.1) is 0 Å². The van der Waals surface area contributed by atoms with E-state index < -0.39 is 0 Å². The van der Waals surface area contributed by atoms with Gasteiger partial charge in [0.25, 0.3) is 0 Å². The molecule has 1 aliphatic rings. The minimum absolute atomic E-state index is 0.0231. The highest BCUT2D eigenvalue weighted by Gasteiger charge is 2.17. The summed E-state index contributed by atoms with van der Waals surface area (Å²) in [5, 5.41) is 10.0. The van der Waals surface area contributed by atoms with E-state index in [4.69, 9.17) is 5.26 Å². The Morgan fingerprint density at radius 1 is 1.13 bits per heavy atom. The predicted molar refractivity (Wildman–Crippen MR) is 126 cm³/mol. The molecule has 0 bridgehead atoms. The van der Waals surface area contributed by atoms with Crippen molar-refractivity contribution < 1.29 is 4.79 Å². The Morgan fingerprint density at radius 3 is 2.68 bits per heavy atom. The molecule has 0 radical (unpaired) electrons. The van der Waals surface area contributed by atoms with Gasteiger partial charge in [0.2, 0.25) is 5.91 Å². The van der Waals surface area contributed by atoms with Crippen LogP contribution in [0, 0.1) is 11.3 Å². The van der Waals surface area contributed by atoms with Crippen LogP contribution in [0.5, 0.6) is 0 Å². The van der Waals surface area contributed by atoms with Crippen LogP contribution in [0.3, 0.4) is 0 Å².